The molecule has 2 aliphatic heterocycles. The molecular weight excluding hydrogens is 386 g/mol. The van der Waals surface area contributed by atoms with Gasteiger partial charge in [-0.05, 0) is 35.9 Å². The van der Waals surface area contributed by atoms with Crippen LogP contribution in [-0.4, -0.2) is 62.8 Å². The van der Waals surface area contributed by atoms with Gasteiger partial charge in [0.2, 0.25) is 15.9 Å². The topological polar surface area (TPSA) is 69.7 Å². The van der Waals surface area contributed by atoms with Gasteiger partial charge >= 0.3 is 0 Å². The van der Waals surface area contributed by atoms with Crippen LogP contribution < -0.4 is 5.32 Å². The quantitative estimate of drug-likeness (QED) is 0.837. The summed E-state index contributed by atoms with van der Waals surface area (Å²) in [6, 6.07) is 13.0. The standard InChI is InChI=1S/C19H23N3O3S.ClH/c23-19(17-7-8-20-14-17)21-9-11-22(12-10-21)26(24,25)18-6-5-15-3-1-2-4-16(15)13-18;/h1-6,13,17,20H,7-12,14H2;1H. The molecule has 1 unspecified atom stereocenters. The minimum atomic E-state index is -3.54. The number of nitrogens with zero attached hydrogens (tertiary/aromatic N) is 2. The number of rotatable bonds is 3. The van der Waals surface area contributed by atoms with E-state index in [0.717, 1.165) is 30.3 Å². The first-order chi connectivity index (χ1) is 12.6. The third-order valence-corrected chi connectivity index (χ3v) is 7.21. The Morgan fingerprint density at radius 3 is 2.37 bits per heavy atom. The molecule has 0 saturated carbocycles. The Labute approximate surface area is 166 Å². The molecule has 0 aromatic heterocycles. The van der Waals surface area contributed by atoms with Crippen molar-refractivity contribution >= 4 is 39.1 Å². The summed E-state index contributed by atoms with van der Waals surface area (Å²) in [6.45, 7) is 3.23. The summed E-state index contributed by atoms with van der Waals surface area (Å²) in [5.74, 6) is 0.191. The highest BCUT2D eigenvalue weighted by Crippen LogP contribution is 2.23. The number of hydrogen-bond acceptors (Lipinski definition) is 4. The Hall–Kier alpha value is -1.67. The van der Waals surface area contributed by atoms with Crippen LogP contribution >= 0.6 is 12.4 Å². The second-order valence-electron chi connectivity index (χ2n) is 6.93. The van der Waals surface area contributed by atoms with Gasteiger partial charge in [-0.3, -0.25) is 4.79 Å². The molecule has 2 aliphatic rings. The minimum Gasteiger partial charge on any atom is -0.340 e. The molecule has 2 fully saturated rings. The zero-order valence-electron chi connectivity index (χ0n) is 15.0. The monoisotopic (exact) mass is 409 g/mol. The fraction of sp³-hybridized carbons (Fsp3) is 0.421. The van der Waals surface area contributed by atoms with Crippen LogP contribution in [0, 0.1) is 5.92 Å². The lowest BCUT2D eigenvalue weighted by molar-refractivity contribution is -0.136. The SMILES string of the molecule is Cl.O=C(C1CCNC1)N1CCN(S(=O)(=O)c2ccc3ccccc3c2)CC1. The molecule has 2 saturated heterocycles. The van der Waals surface area contributed by atoms with E-state index in [1.54, 1.807) is 12.1 Å². The van der Waals surface area contributed by atoms with E-state index in [-0.39, 0.29) is 24.2 Å². The van der Waals surface area contributed by atoms with E-state index in [4.69, 9.17) is 0 Å². The van der Waals surface area contributed by atoms with Crippen molar-refractivity contribution in [1.29, 1.82) is 0 Å². The molecule has 1 N–H and O–H groups in total. The number of nitrogens with one attached hydrogen (secondary N) is 1. The zero-order chi connectivity index (χ0) is 18.1. The van der Waals surface area contributed by atoms with E-state index in [0.29, 0.717) is 31.1 Å². The van der Waals surface area contributed by atoms with Crippen molar-refractivity contribution in [3.63, 3.8) is 0 Å². The molecule has 8 heteroatoms. The largest absolute Gasteiger partial charge is 0.340 e. The van der Waals surface area contributed by atoms with Gasteiger partial charge in [0.05, 0.1) is 10.8 Å². The maximum absolute atomic E-state index is 13.0. The highest BCUT2D eigenvalue weighted by atomic mass is 35.5. The van der Waals surface area contributed by atoms with Gasteiger partial charge in [-0.15, -0.1) is 12.4 Å². The Morgan fingerprint density at radius 2 is 1.70 bits per heavy atom. The van der Waals surface area contributed by atoms with Crippen LogP contribution in [0.3, 0.4) is 0 Å². The average molecular weight is 410 g/mol. The second-order valence-corrected chi connectivity index (χ2v) is 8.87. The Balaban J connectivity index is 0.00000210. The van der Waals surface area contributed by atoms with Gasteiger partial charge in [0, 0.05) is 32.7 Å². The van der Waals surface area contributed by atoms with Crippen LogP contribution in [0.15, 0.2) is 47.4 Å². The number of halogens is 1. The highest BCUT2D eigenvalue weighted by Gasteiger charge is 2.33. The van der Waals surface area contributed by atoms with Crippen molar-refractivity contribution in [2.45, 2.75) is 11.3 Å². The first-order valence-corrected chi connectivity index (χ1v) is 10.5. The fourth-order valence-corrected chi connectivity index (χ4v) is 5.21. The van der Waals surface area contributed by atoms with Gasteiger partial charge in [0.1, 0.15) is 0 Å². The number of carbonyl (C=O) groups excluding carboxylic acids is 1. The summed E-state index contributed by atoms with van der Waals surface area (Å²) in [7, 11) is -3.54. The Morgan fingerprint density at radius 1 is 1.00 bits per heavy atom. The fourth-order valence-electron chi connectivity index (χ4n) is 3.75. The molecule has 1 atom stereocenters. The van der Waals surface area contributed by atoms with Gasteiger partial charge in [0.25, 0.3) is 0 Å². The molecule has 2 aromatic rings. The number of fused-ring (bicyclic) bond motifs is 1. The third kappa shape index (κ3) is 3.96. The predicted octanol–water partition coefficient (Wildman–Crippen LogP) is 1.70. The van der Waals surface area contributed by atoms with Crippen molar-refractivity contribution < 1.29 is 13.2 Å². The van der Waals surface area contributed by atoms with Gasteiger partial charge in [-0.2, -0.15) is 4.31 Å². The summed E-state index contributed by atoms with van der Waals surface area (Å²) in [5.41, 5.74) is 0. The molecule has 4 rings (SSSR count). The van der Waals surface area contributed by atoms with E-state index >= 15 is 0 Å². The van der Waals surface area contributed by atoms with E-state index in [9.17, 15) is 13.2 Å². The highest BCUT2D eigenvalue weighted by molar-refractivity contribution is 7.89. The van der Waals surface area contributed by atoms with Crippen LogP contribution in [0.1, 0.15) is 6.42 Å². The molecule has 0 aliphatic carbocycles. The van der Waals surface area contributed by atoms with E-state index in [2.05, 4.69) is 5.32 Å². The summed E-state index contributed by atoms with van der Waals surface area (Å²) >= 11 is 0. The number of hydrogen-bond donors (Lipinski definition) is 1. The number of sulfonamides is 1. The van der Waals surface area contributed by atoms with Crippen LogP contribution in [0.5, 0.6) is 0 Å². The molecule has 2 heterocycles. The number of benzene rings is 2. The van der Waals surface area contributed by atoms with Crippen LogP contribution in [0.2, 0.25) is 0 Å². The van der Waals surface area contributed by atoms with Gasteiger partial charge in [-0.1, -0.05) is 30.3 Å². The van der Waals surface area contributed by atoms with Crippen LogP contribution in [-0.2, 0) is 14.8 Å². The number of amides is 1. The summed E-state index contributed by atoms with van der Waals surface area (Å²) in [6.07, 6.45) is 0.869. The minimum absolute atomic E-state index is 0. The van der Waals surface area contributed by atoms with Crippen molar-refractivity contribution in [2.24, 2.45) is 5.92 Å². The molecule has 146 valence electrons. The molecule has 0 radical (unpaired) electrons. The van der Waals surface area contributed by atoms with Gasteiger partial charge < -0.3 is 10.2 Å². The number of carbonyl (C=O) groups is 1. The average Bonchev–Trinajstić information content (AvgIpc) is 3.22. The zero-order valence-corrected chi connectivity index (χ0v) is 16.6. The molecule has 27 heavy (non-hydrogen) atoms. The van der Waals surface area contributed by atoms with Crippen molar-refractivity contribution in [2.75, 3.05) is 39.3 Å². The molecule has 1 amide bonds. The molecule has 6 nitrogen and oxygen atoms in total. The van der Waals surface area contributed by atoms with Crippen molar-refractivity contribution in [3.8, 4) is 0 Å². The molecule has 0 spiro atoms. The Kier molecular flexibility index (Phi) is 6.05. The van der Waals surface area contributed by atoms with Crippen molar-refractivity contribution in [3.05, 3.63) is 42.5 Å². The normalized spacial score (nSPS) is 21.2. The van der Waals surface area contributed by atoms with Gasteiger partial charge in [0.15, 0.2) is 0 Å². The smallest absolute Gasteiger partial charge is 0.243 e. The second kappa shape index (κ2) is 8.14. The molecule has 0 bridgehead atoms. The first kappa shape index (κ1) is 20.1. The lowest BCUT2D eigenvalue weighted by atomic mass is 10.1. The summed E-state index contributed by atoms with van der Waals surface area (Å²) < 4.78 is 27.4. The lowest BCUT2D eigenvalue weighted by Crippen LogP contribution is -2.52. The van der Waals surface area contributed by atoms with Crippen molar-refractivity contribution in [1.82, 2.24) is 14.5 Å². The van der Waals surface area contributed by atoms with Crippen LogP contribution in [0.25, 0.3) is 10.8 Å². The van der Waals surface area contributed by atoms with E-state index in [1.165, 1.54) is 4.31 Å². The number of piperazine rings is 1. The first-order valence-electron chi connectivity index (χ1n) is 9.04. The maximum Gasteiger partial charge on any atom is 0.243 e. The summed E-state index contributed by atoms with van der Waals surface area (Å²) in [4.78, 5) is 14.6. The molecule has 2 aromatic carbocycles. The lowest BCUT2D eigenvalue weighted by Gasteiger charge is -2.35. The molecular formula is C19H24ClN3O3S. The van der Waals surface area contributed by atoms with E-state index < -0.39 is 10.0 Å². The predicted molar refractivity (Wildman–Crippen MR) is 108 cm³/mol. The van der Waals surface area contributed by atoms with E-state index in [1.807, 2.05) is 35.2 Å². The van der Waals surface area contributed by atoms with Gasteiger partial charge in [-0.25, -0.2) is 8.42 Å². The third-order valence-electron chi connectivity index (χ3n) is 5.32. The Bertz CT molecular complexity index is 921. The maximum atomic E-state index is 13.0. The summed E-state index contributed by atoms with van der Waals surface area (Å²) in [5, 5.41) is 5.14. The van der Waals surface area contributed by atoms with Crippen LogP contribution in [0.4, 0.5) is 0 Å².